The lowest BCUT2D eigenvalue weighted by Crippen LogP contribution is -2.07. The highest BCUT2D eigenvalue weighted by molar-refractivity contribution is 6.01. The highest BCUT2D eigenvalue weighted by atomic mass is 16.5. The molecule has 1 heterocycles. The molecule has 0 radical (unpaired) electrons. The van der Waals surface area contributed by atoms with Crippen LogP contribution in [-0.2, 0) is 19.9 Å². The van der Waals surface area contributed by atoms with Crippen LogP contribution in [0.3, 0.4) is 0 Å². The fourth-order valence-electron chi connectivity index (χ4n) is 3.87. The molecule has 0 fully saturated rings. The number of benzene rings is 3. The molecule has 1 aromatic heterocycles. The lowest BCUT2D eigenvalue weighted by atomic mass is 9.97. The maximum Gasteiger partial charge on any atom is 0.170 e. The lowest BCUT2D eigenvalue weighted by molar-refractivity contribution is 0.0984. The summed E-state index contributed by atoms with van der Waals surface area (Å²) < 4.78 is 7.23. The van der Waals surface area contributed by atoms with Crippen LogP contribution in [-0.4, -0.2) is 28.5 Å². The third-order valence-electron chi connectivity index (χ3n) is 5.63. The van der Waals surface area contributed by atoms with Crippen LogP contribution in [0.4, 0.5) is 0 Å². The number of nitrogens with zero attached hydrogens (tertiary/aromatic N) is 2. The number of Topliss-reactive ketones (excluding diaryl/α,β-unsaturated/α-hetero) is 2. The van der Waals surface area contributed by atoms with Crippen molar-refractivity contribution in [2.24, 2.45) is 7.05 Å². The molecular weight excluding hydrogens is 412 g/mol. The Morgan fingerprint density at radius 1 is 0.879 bits per heavy atom. The minimum Gasteiger partial charge on any atom is -0.496 e. The second kappa shape index (κ2) is 9.65. The van der Waals surface area contributed by atoms with E-state index in [1.807, 2.05) is 68.7 Å². The minimum absolute atomic E-state index is 0.0385. The summed E-state index contributed by atoms with van der Waals surface area (Å²) in [6.45, 7) is 2.02. The van der Waals surface area contributed by atoms with Crippen LogP contribution in [0.25, 0.3) is 11.1 Å². The number of hydrogen-bond acceptors (Lipinski definition) is 4. The van der Waals surface area contributed by atoms with Crippen LogP contribution >= 0.6 is 0 Å². The summed E-state index contributed by atoms with van der Waals surface area (Å²) in [4.78, 5) is 25.6. The Kier molecular flexibility index (Phi) is 6.50. The molecule has 0 spiro atoms. The standard InChI is InChI=1S/C28H26N2O3/c1-19-5-4-6-21(13-19)15-26(31)22-9-7-20(8-10-22)14-27(32)25-12-11-23(16-28(25)33-3)24-17-29-30(2)18-24/h4-13,16-18H,14-15H2,1-3H3. The van der Waals surface area contributed by atoms with Gasteiger partial charge in [0, 0.05) is 37.2 Å². The van der Waals surface area contributed by atoms with Gasteiger partial charge < -0.3 is 4.74 Å². The number of aryl methyl sites for hydroxylation is 2. The van der Waals surface area contributed by atoms with Gasteiger partial charge in [-0.3, -0.25) is 14.3 Å². The molecule has 0 saturated carbocycles. The number of rotatable bonds is 8. The first-order chi connectivity index (χ1) is 15.9. The molecule has 5 nitrogen and oxygen atoms in total. The summed E-state index contributed by atoms with van der Waals surface area (Å²) in [7, 11) is 3.42. The van der Waals surface area contributed by atoms with E-state index in [1.165, 1.54) is 0 Å². The fraction of sp³-hybridized carbons (Fsp3) is 0.179. The molecule has 0 amide bonds. The topological polar surface area (TPSA) is 61.2 Å². The zero-order valence-corrected chi connectivity index (χ0v) is 19.0. The van der Waals surface area contributed by atoms with Gasteiger partial charge >= 0.3 is 0 Å². The van der Waals surface area contributed by atoms with Gasteiger partial charge in [0.25, 0.3) is 0 Å². The quantitative estimate of drug-likeness (QED) is 0.352. The third-order valence-corrected chi connectivity index (χ3v) is 5.63. The van der Waals surface area contributed by atoms with Gasteiger partial charge in [-0.05, 0) is 35.7 Å². The van der Waals surface area contributed by atoms with Crippen molar-refractivity contribution >= 4 is 11.6 Å². The molecule has 0 aliphatic carbocycles. The molecule has 0 saturated heterocycles. The third kappa shape index (κ3) is 5.26. The number of carbonyl (C=O) groups excluding carboxylic acids is 2. The molecule has 5 heteroatoms. The van der Waals surface area contributed by atoms with Crippen molar-refractivity contribution in [3.05, 3.63) is 107 Å². The molecule has 4 rings (SSSR count). The zero-order valence-electron chi connectivity index (χ0n) is 19.0. The van der Waals surface area contributed by atoms with Crippen molar-refractivity contribution in [3.8, 4) is 16.9 Å². The Morgan fingerprint density at radius 2 is 1.64 bits per heavy atom. The van der Waals surface area contributed by atoms with Crippen LogP contribution in [0.5, 0.6) is 5.75 Å². The summed E-state index contributed by atoms with van der Waals surface area (Å²) in [6, 6.07) is 20.8. The van der Waals surface area contributed by atoms with E-state index in [2.05, 4.69) is 5.10 Å². The molecule has 4 aromatic rings. The van der Waals surface area contributed by atoms with Crippen molar-refractivity contribution in [1.29, 1.82) is 0 Å². The van der Waals surface area contributed by atoms with Gasteiger partial charge in [0.15, 0.2) is 11.6 Å². The largest absolute Gasteiger partial charge is 0.496 e. The molecular formula is C28H26N2O3. The normalized spacial score (nSPS) is 10.8. The average Bonchev–Trinajstić information content (AvgIpc) is 3.25. The van der Waals surface area contributed by atoms with E-state index in [-0.39, 0.29) is 18.0 Å². The Hall–Kier alpha value is -3.99. The zero-order chi connectivity index (χ0) is 23.4. The second-order valence-electron chi connectivity index (χ2n) is 8.20. The Bertz CT molecular complexity index is 1300. The van der Waals surface area contributed by atoms with Gasteiger partial charge in [-0.2, -0.15) is 5.10 Å². The Morgan fingerprint density at radius 3 is 2.30 bits per heavy atom. The smallest absolute Gasteiger partial charge is 0.170 e. The summed E-state index contributed by atoms with van der Waals surface area (Å²) >= 11 is 0. The van der Waals surface area contributed by atoms with E-state index >= 15 is 0 Å². The monoisotopic (exact) mass is 438 g/mol. The van der Waals surface area contributed by atoms with E-state index in [9.17, 15) is 9.59 Å². The lowest BCUT2D eigenvalue weighted by Gasteiger charge is -2.10. The maximum absolute atomic E-state index is 13.0. The van der Waals surface area contributed by atoms with Crippen LogP contribution < -0.4 is 4.74 Å². The first kappa shape index (κ1) is 22.2. The second-order valence-corrected chi connectivity index (χ2v) is 8.20. The van der Waals surface area contributed by atoms with E-state index in [4.69, 9.17) is 4.74 Å². The van der Waals surface area contributed by atoms with Crippen molar-refractivity contribution in [3.63, 3.8) is 0 Å². The van der Waals surface area contributed by atoms with Gasteiger partial charge in [0.1, 0.15) is 5.75 Å². The van der Waals surface area contributed by atoms with Gasteiger partial charge in [-0.1, -0.05) is 60.2 Å². The molecule has 0 aliphatic heterocycles. The summed E-state index contributed by atoms with van der Waals surface area (Å²) in [6.07, 6.45) is 4.28. The van der Waals surface area contributed by atoms with Crippen LogP contribution in [0.15, 0.2) is 79.1 Å². The predicted octanol–water partition coefficient (Wildman–Crippen LogP) is 5.25. The SMILES string of the molecule is COc1cc(-c2cnn(C)c2)ccc1C(=O)Cc1ccc(C(=O)Cc2cccc(C)c2)cc1. The van der Waals surface area contributed by atoms with Crippen molar-refractivity contribution < 1.29 is 14.3 Å². The van der Waals surface area contributed by atoms with Crippen LogP contribution in [0.1, 0.15) is 37.4 Å². The molecule has 0 bridgehead atoms. The number of hydrogen-bond donors (Lipinski definition) is 0. The minimum atomic E-state index is -0.0385. The molecule has 33 heavy (non-hydrogen) atoms. The number of ether oxygens (including phenoxy) is 1. The van der Waals surface area contributed by atoms with E-state index in [0.29, 0.717) is 23.3 Å². The number of aromatic nitrogens is 2. The first-order valence-electron chi connectivity index (χ1n) is 10.8. The average molecular weight is 439 g/mol. The number of methoxy groups -OCH3 is 1. The fourth-order valence-corrected chi connectivity index (χ4v) is 3.87. The van der Waals surface area contributed by atoms with Crippen molar-refractivity contribution in [2.45, 2.75) is 19.8 Å². The number of ketones is 2. The van der Waals surface area contributed by atoms with Gasteiger partial charge in [0.05, 0.1) is 18.9 Å². The summed E-state index contributed by atoms with van der Waals surface area (Å²) in [5, 5.41) is 4.19. The molecule has 0 N–H and O–H groups in total. The highest BCUT2D eigenvalue weighted by Gasteiger charge is 2.15. The van der Waals surface area contributed by atoms with Crippen LogP contribution in [0.2, 0.25) is 0 Å². The Labute approximate surface area is 193 Å². The van der Waals surface area contributed by atoms with Crippen molar-refractivity contribution in [1.82, 2.24) is 9.78 Å². The van der Waals surface area contributed by atoms with Gasteiger partial charge in [-0.15, -0.1) is 0 Å². The molecule has 3 aromatic carbocycles. The van der Waals surface area contributed by atoms with E-state index in [1.54, 1.807) is 36.2 Å². The number of carbonyl (C=O) groups is 2. The van der Waals surface area contributed by atoms with Crippen LogP contribution in [0, 0.1) is 6.92 Å². The van der Waals surface area contributed by atoms with Gasteiger partial charge in [0.2, 0.25) is 0 Å². The molecule has 166 valence electrons. The van der Waals surface area contributed by atoms with Crippen molar-refractivity contribution in [2.75, 3.05) is 7.11 Å². The molecule has 0 unspecified atom stereocenters. The van der Waals surface area contributed by atoms with E-state index in [0.717, 1.165) is 27.8 Å². The Balaban J connectivity index is 1.45. The highest BCUT2D eigenvalue weighted by Crippen LogP contribution is 2.28. The molecule has 0 atom stereocenters. The van der Waals surface area contributed by atoms with Gasteiger partial charge in [-0.25, -0.2) is 0 Å². The summed E-state index contributed by atoms with van der Waals surface area (Å²) in [5.41, 5.74) is 6.06. The maximum atomic E-state index is 13.0. The molecule has 0 aliphatic rings. The first-order valence-corrected chi connectivity index (χ1v) is 10.8. The summed E-state index contributed by atoms with van der Waals surface area (Å²) in [5.74, 6) is 0.556. The van der Waals surface area contributed by atoms with E-state index < -0.39 is 0 Å². The predicted molar refractivity (Wildman–Crippen MR) is 129 cm³/mol.